The van der Waals surface area contributed by atoms with E-state index in [-0.39, 0.29) is 5.56 Å². The van der Waals surface area contributed by atoms with Crippen molar-refractivity contribution < 1.29 is 22.0 Å². The number of halogens is 5. The molecule has 0 heterocycles. The van der Waals surface area contributed by atoms with Crippen LogP contribution >= 0.6 is 0 Å². The van der Waals surface area contributed by atoms with Crippen molar-refractivity contribution in [3.63, 3.8) is 0 Å². The lowest BCUT2D eigenvalue weighted by molar-refractivity contribution is -0.290. The first kappa shape index (κ1) is 15.7. The number of fused-ring (bicyclic) bond motifs is 3. The van der Waals surface area contributed by atoms with Crippen LogP contribution < -0.4 is 5.73 Å². The molecule has 0 aromatic heterocycles. The zero-order valence-electron chi connectivity index (χ0n) is 11.7. The van der Waals surface area contributed by atoms with Gasteiger partial charge in [0, 0.05) is 0 Å². The van der Waals surface area contributed by atoms with Crippen LogP contribution in [-0.4, -0.2) is 12.1 Å². The first-order valence-electron chi connectivity index (χ1n) is 6.84. The van der Waals surface area contributed by atoms with Crippen LogP contribution in [-0.2, 0) is 0 Å². The zero-order valence-corrected chi connectivity index (χ0v) is 11.7. The Hall–Kier alpha value is -2.21. The summed E-state index contributed by atoms with van der Waals surface area (Å²) in [4.78, 5) is 0. The summed E-state index contributed by atoms with van der Waals surface area (Å²) < 4.78 is 65.3. The van der Waals surface area contributed by atoms with E-state index in [1.807, 2.05) is 0 Å². The molecule has 0 amide bonds. The van der Waals surface area contributed by atoms with Crippen molar-refractivity contribution in [2.45, 2.75) is 18.1 Å². The average molecular weight is 325 g/mol. The van der Waals surface area contributed by atoms with Gasteiger partial charge in [-0.3, -0.25) is 0 Å². The third-order valence-electron chi connectivity index (χ3n) is 3.90. The van der Waals surface area contributed by atoms with Gasteiger partial charge in [0.15, 0.2) is 0 Å². The lowest BCUT2D eigenvalue weighted by Gasteiger charge is -2.27. The Morgan fingerprint density at radius 2 is 1.26 bits per heavy atom. The fourth-order valence-corrected chi connectivity index (χ4v) is 2.71. The van der Waals surface area contributed by atoms with Crippen LogP contribution in [0.25, 0.3) is 21.5 Å². The highest BCUT2D eigenvalue weighted by molar-refractivity contribution is 6.09. The maximum Gasteiger partial charge on any atom is 0.455 e. The molecule has 0 radical (unpaired) electrons. The Morgan fingerprint density at radius 3 is 1.87 bits per heavy atom. The number of benzene rings is 3. The third-order valence-corrected chi connectivity index (χ3v) is 3.90. The van der Waals surface area contributed by atoms with Gasteiger partial charge in [0.05, 0.1) is 0 Å². The molecule has 0 aliphatic carbocycles. The highest BCUT2D eigenvalue weighted by Crippen LogP contribution is 2.45. The van der Waals surface area contributed by atoms with E-state index in [4.69, 9.17) is 5.73 Å². The lowest BCUT2D eigenvalue weighted by atomic mass is 9.91. The van der Waals surface area contributed by atoms with Crippen molar-refractivity contribution in [3.8, 4) is 0 Å². The largest absolute Gasteiger partial charge is 0.455 e. The molecule has 120 valence electrons. The molecule has 23 heavy (non-hydrogen) atoms. The maximum atomic E-state index is 13.7. The summed E-state index contributed by atoms with van der Waals surface area (Å²) in [6, 6.07) is 12.2. The monoisotopic (exact) mass is 325 g/mol. The summed E-state index contributed by atoms with van der Waals surface area (Å²) in [7, 11) is 0. The second kappa shape index (κ2) is 5.16. The summed E-state index contributed by atoms with van der Waals surface area (Å²) in [6.45, 7) is 0. The van der Waals surface area contributed by atoms with Gasteiger partial charge in [-0.1, -0.05) is 48.5 Å². The van der Waals surface area contributed by atoms with E-state index < -0.39 is 18.1 Å². The van der Waals surface area contributed by atoms with Crippen molar-refractivity contribution in [1.82, 2.24) is 0 Å². The molecular weight excluding hydrogens is 313 g/mol. The molecule has 2 N–H and O–H groups in total. The standard InChI is InChI=1S/C17H12F5N/c18-16(19,17(20,21)22)15(23)14-9-10-5-1-2-6-11(10)12-7-3-4-8-13(12)14/h1-9,15H,23H2/t15-/m0/s1. The molecule has 0 fully saturated rings. The van der Waals surface area contributed by atoms with Crippen LogP contribution in [0.3, 0.4) is 0 Å². The van der Waals surface area contributed by atoms with Crippen molar-refractivity contribution in [1.29, 1.82) is 0 Å². The van der Waals surface area contributed by atoms with Gasteiger partial charge in [0.1, 0.15) is 6.04 Å². The third kappa shape index (κ3) is 2.43. The van der Waals surface area contributed by atoms with E-state index in [2.05, 4.69) is 0 Å². The van der Waals surface area contributed by atoms with E-state index in [1.165, 1.54) is 12.1 Å². The summed E-state index contributed by atoms with van der Waals surface area (Å²) in [5.74, 6) is -5.02. The van der Waals surface area contributed by atoms with Gasteiger partial charge in [0.25, 0.3) is 0 Å². The molecule has 0 saturated carbocycles. The highest BCUT2D eigenvalue weighted by Gasteiger charge is 2.61. The van der Waals surface area contributed by atoms with Crippen LogP contribution in [0, 0.1) is 0 Å². The van der Waals surface area contributed by atoms with Crippen LogP contribution in [0.2, 0.25) is 0 Å². The Kier molecular flexibility index (Phi) is 3.52. The molecule has 1 nitrogen and oxygen atoms in total. The number of rotatable bonds is 2. The summed E-state index contributed by atoms with van der Waals surface area (Å²) in [5.41, 5.74) is 5.13. The van der Waals surface area contributed by atoms with E-state index in [0.29, 0.717) is 16.2 Å². The Morgan fingerprint density at radius 1 is 0.739 bits per heavy atom. The molecule has 0 saturated heterocycles. The maximum absolute atomic E-state index is 13.7. The molecule has 1 atom stereocenters. The van der Waals surface area contributed by atoms with E-state index in [0.717, 1.165) is 5.39 Å². The minimum absolute atomic E-state index is 0.221. The van der Waals surface area contributed by atoms with Crippen molar-refractivity contribution in [2.24, 2.45) is 5.73 Å². The Balaban J connectivity index is 2.32. The number of hydrogen-bond acceptors (Lipinski definition) is 1. The SMILES string of the molecule is N[C@@H](c1cc2ccccc2c2ccccc12)C(F)(F)C(F)(F)F. The minimum Gasteiger partial charge on any atom is -0.319 e. The van der Waals surface area contributed by atoms with Crippen LogP contribution in [0.4, 0.5) is 22.0 Å². The number of nitrogens with two attached hydrogens (primary N) is 1. The minimum atomic E-state index is -5.71. The molecule has 0 aliphatic rings. The predicted octanol–water partition coefficient (Wildman–Crippen LogP) is 5.19. The Bertz CT molecular complexity index is 870. The van der Waals surface area contributed by atoms with Gasteiger partial charge >= 0.3 is 12.1 Å². The molecule has 3 rings (SSSR count). The van der Waals surface area contributed by atoms with Gasteiger partial charge < -0.3 is 5.73 Å². The Labute approximate surface area is 128 Å². The molecule has 0 spiro atoms. The number of hydrogen-bond donors (Lipinski definition) is 1. The second-order valence-corrected chi connectivity index (χ2v) is 5.33. The first-order valence-corrected chi connectivity index (χ1v) is 6.84. The average Bonchev–Trinajstić information content (AvgIpc) is 2.52. The molecule has 6 heteroatoms. The zero-order chi connectivity index (χ0) is 16.8. The van der Waals surface area contributed by atoms with Gasteiger partial charge in [-0.15, -0.1) is 0 Å². The molecule has 3 aromatic rings. The quantitative estimate of drug-likeness (QED) is 0.509. The summed E-state index contributed by atoms with van der Waals surface area (Å²) in [5, 5.41) is 2.22. The molecule has 0 aliphatic heterocycles. The predicted molar refractivity (Wildman–Crippen MR) is 79.4 cm³/mol. The lowest BCUT2D eigenvalue weighted by Crippen LogP contribution is -2.45. The number of alkyl halides is 5. The van der Waals surface area contributed by atoms with E-state index >= 15 is 0 Å². The highest BCUT2D eigenvalue weighted by atomic mass is 19.4. The normalized spacial score (nSPS) is 14.3. The van der Waals surface area contributed by atoms with E-state index in [9.17, 15) is 22.0 Å². The van der Waals surface area contributed by atoms with Gasteiger partial charge in [-0.25, -0.2) is 0 Å². The van der Waals surface area contributed by atoms with Crippen molar-refractivity contribution in [3.05, 3.63) is 60.2 Å². The van der Waals surface area contributed by atoms with Crippen LogP contribution in [0.15, 0.2) is 54.6 Å². The second-order valence-electron chi connectivity index (χ2n) is 5.33. The van der Waals surface area contributed by atoms with Gasteiger partial charge in [0.2, 0.25) is 0 Å². The van der Waals surface area contributed by atoms with Crippen molar-refractivity contribution in [2.75, 3.05) is 0 Å². The molecule has 0 bridgehead atoms. The summed E-state index contributed by atoms with van der Waals surface area (Å²) in [6.07, 6.45) is -5.71. The van der Waals surface area contributed by atoms with Crippen LogP contribution in [0.1, 0.15) is 11.6 Å². The fraction of sp³-hybridized carbons (Fsp3) is 0.176. The van der Waals surface area contributed by atoms with Gasteiger partial charge in [-0.2, -0.15) is 22.0 Å². The summed E-state index contributed by atoms with van der Waals surface area (Å²) >= 11 is 0. The molecule has 3 aromatic carbocycles. The van der Waals surface area contributed by atoms with Gasteiger partial charge in [-0.05, 0) is 33.2 Å². The van der Waals surface area contributed by atoms with E-state index in [1.54, 1.807) is 42.5 Å². The molecular formula is C17H12F5N. The smallest absolute Gasteiger partial charge is 0.319 e. The van der Waals surface area contributed by atoms with Crippen LogP contribution in [0.5, 0.6) is 0 Å². The van der Waals surface area contributed by atoms with Crippen molar-refractivity contribution >= 4 is 21.5 Å². The fourth-order valence-electron chi connectivity index (χ4n) is 2.71. The first-order chi connectivity index (χ1) is 10.7. The topological polar surface area (TPSA) is 26.0 Å². The molecule has 0 unspecified atom stereocenters.